The van der Waals surface area contributed by atoms with Gasteiger partial charge in [-0.05, 0) is 57.8 Å². The normalized spacial score (nSPS) is 14.6. The monoisotopic (exact) mass is 768 g/mol. The van der Waals surface area contributed by atoms with Crippen molar-refractivity contribution in [3.8, 4) is 0 Å². The number of ether oxygens (including phenoxy) is 2. The Morgan fingerprint density at radius 1 is 0.623 bits per heavy atom. The van der Waals surface area contributed by atoms with Gasteiger partial charge in [0.15, 0.2) is 0 Å². The van der Waals surface area contributed by atoms with E-state index in [1.165, 1.54) is 57.8 Å². The van der Waals surface area contributed by atoms with Crippen LogP contribution in [0.5, 0.6) is 0 Å². The summed E-state index contributed by atoms with van der Waals surface area (Å²) in [6, 6.07) is -1.48. The lowest BCUT2D eigenvalue weighted by molar-refractivity contribution is -0.154. The molecule has 0 rings (SSSR count). The van der Waals surface area contributed by atoms with E-state index in [4.69, 9.17) is 29.4 Å². The Kier molecular flexibility index (Phi) is 36.3. The molecule has 306 valence electrons. The zero-order chi connectivity index (χ0) is 39.1. The third-order valence-electron chi connectivity index (χ3n) is 8.31. The predicted octanol–water partition coefficient (Wildman–Crippen LogP) is 10.9. The van der Waals surface area contributed by atoms with Gasteiger partial charge in [0, 0.05) is 13.0 Å². The Morgan fingerprint density at radius 3 is 1.60 bits per heavy atom. The molecule has 0 spiro atoms. The number of rotatable bonds is 38. The second-order valence-electron chi connectivity index (χ2n) is 13.4. The number of carbonyl (C=O) groups is 2. The second-order valence-corrected chi connectivity index (χ2v) is 14.8. The van der Waals surface area contributed by atoms with E-state index in [1.54, 1.807) is 0 Å². The predicted molar refractivity (Wildman–Crippen MR) is 217 cm³/mol. The highest BCUT2D eigenvalue weighted by molar-refractivity contribution is 7.47. The van der Waals surface area contributed by atoms with Crippen molar-refractivity contribution in [1.82, 2.24) is 0 Å². The van der Waals surface area contributed by atoms with Crippen LogP contribution in [0.2, 0.25) is 0 Å². The average molecular weight is 768 g/mol. The Balaban J connectivity index is 4.36. The van der Waals surface area contributed by atoms with Crippen molar-refractivity contribution in [2.45, 2.75) is 167 Å². The van der Waals surface area contributed by atoms with Gasteiger partial charge in [0.05, 0.1) is 19.8 Å². The fourth-order valence-electron chi connectivity index (χ4n) is 5.16. The number of esters is 1. The van der Waals surface area contributed by atoms with Crippen LogP contribution in [0, 0.1) is 0 Å². The van der Waals surface area contributed by atoms with Crippen molar-refractivity contribution < 1.29 is 42.7 Å². The number of unbranched alkanes of at least 4 members (excludes halogenated alkanes) is 14. The van der Waals surface area contributed by atoms with Crippen LogP contribution in [0.3, 0.4) is 0 Å². The molecule has 4 N–H and O–H groups in total. The van der Waals surface area contributed by atoms with Crippen LogP contribution >= 0.6 is 7.82 Å². The van der Waals surface area contributed by atoms with Gasteiger partial charge in [0.2, 0.25) is 0 Å². The first-order valence-corrected chi connectivity index (χ1v) is 21.8. The topological polar surface area (TPSA) is 155 Å². The van der Waals surface area contributed by atoms with Crippen molar-refractivity contribution in [3.63, 3.8) is 0 Å². The van der Waals surface area contributed by atoms with Gasteiger partial charge in [-0.2, -0.15) is 0 Å². The van der Waals surface area contributed by atoms with E-state index in [0.29, 0.717) is 13.0 Å². The first-order chi connectivity index (χ1) is 25.7. The van der Waals surface area contributed by atoms with Crippen LogP contribution in [0.15, 0.2) is 60.8 Å². The van der Waals surface area contributed by atoms with Crippen molar-refractivity contribution in [2.75, 3.05) is 26.4 Å². The summed E-state index contributed by atoms with van der Waals surface area (Å²) in [6.45, 7) is 3.64. The molecule has 0 saturated carbocycles. The molecule has 0 saturated heterocycles. The van der Waals surface area contributed by atoms with Crippen molar-refractivity contribution in [2.24, 2.45) is 5.73 Å². The number of phosphoric ester groups is 1. The molecular weight excluding hydrogens is 693 g/mol. The van der Waals surface area contributed by atoms with Crippen molar-refractivity contribution in [3.05, 3.63) is 60.8 Å². The molecule has 11 heteroatoms. The van der Waals surface area contributed by atoms with Crippen LogP contribution in [0.1, 0.15) is 155 Å². The lowest BCUT2D eigenvalue weighted by Crippen LogP contribution is -2.34. The zero-order valence-electron chi connectivity index (χ0n) is 33.1. The Labute approximate surface area is 322 Å². The molecular formula is C42H74NO9P. The van der Waals surface area contributed by atoms with E-state index in [9.17, 15) is 19.0 Å². The Morgan fingerprint density at radius 2 is 1.09 bits per heavy atom. The van der Waals surface area contributed by atoms with E-state index in [1.807, 2.05) is 0 Å². The highest BCUT2D eigenvalue weighted by atomic mass is 31.2. The molecule has 0 aromatic heterocycles. The van der Waals surface area contributed by atoms with Crippen molar-refractivity contribution >= 4 is 19.8 Å². The summed E-state index contributed by atoms with van der Waals surface area (Å²) in [7, 11) is -4.62. The summed E-state index contributed by atoms with van der Waals surface area (Å²) in [4.78, 5) is 33.4. The quantitative estimate of drug-likeness (QED) is 0.0239. The van der Waals surface area contributed by atoms with Crippen LogP contribution in [0.4, 0.5) is 0 Å². The van der Waals surface area contributed by atoms with Gasteiger partial charge >= 0.3 is 19.8 Å². The van der Waals surface area contributed by atoms with Crippen molar-refractivity contribution in [1.29, 1.82) is 0 Å². The smallest absolute Gasteiger partial charge is 0.472 e. The fraction of sp³-hybridized carbons (Fsp3) is 0.714. The molecule has 3 unspecified atom stereocenters. The molecule has 0 radical (unpaired) electrons. The summed E-state index contributed by atoms with van der Waals surface area (Å²) in [5, 5.41) is 8.88. The molecule has 0 aromatic rings. The summed E-state index contributed by atoms with van der Waals surface area (Å²) in [6.07, 6.45) is 44.2. The number of carboxylic acid groups (broad SMARTS) is 1. The Hall–Kier alpha value is -2.33. The molecule has 0 heterocycles. The van der Waals surface area contributed by atoms with Gasteiger partial charge in [0.25, 0.3) is 0 Å². The first kappa shape index (κ1) is 50.7. The first-order valence-electron chi connectivity index (χ1n) is 20.3. The lowest BCUT2D eigenvalue weighted by Gasteiger charge is -2.20. The highest BCUT2D eigenvalue weighted by Crippen LogP contribution is 2.43. The van der Waals surface area contributed by atoms with Gasteiger partial charge in [-0.25, -0.2) is 4.57 Å². The molecule has 0 aliphatic carbocycles. The van der Waals surface area contributed by atoms with Gasteiger partial charge in [0.1, 0.15) is 12.1 Å². The Bertz CT molecular complexity index is 1070. The maximum Gasteiger partial charge on any atom is 0.472 e. The van der Waals surface area contributed by atoms with Gasteiger partial charge in [-0.3, -0.25) is 18.6 Å². The SMILES string of the molecule is CC/C=C\C/C=C\C/C=C\C/C=C\C/C=C\CCCCOCC(COP(=O)(O)OCC(N)C(=O)O)OC(=O)CCCCCCCCCCCCCCC. The number of nitrogens with two attached hydrogens (primary N) is 1. The van der Waals surface area contributed by atoms with Crippen LogP contribution in [0.25, 0.3) is 0 Å². The summed E-state index contributed by atoms with van der Waals surface area (Å²) < 4.78 is 33.2. The minimum atomic E-state index is -4.62. The maximum atomic E-state index is 12.6. The molecule has 3 atom stereocenters. The lowest BCUT2D eigenvalue weighted by atomic mass is 10.0. The van der Waals surface area contributed by atoms with E-state index in [0.717, 1.165) is 70.6 Å². The largest absolute Gasteiger partial charge is 0.480 e. The molecule has 0 fully saturated rings. The highest BCUT2D eigenvalue weighted by Gasteiger charge is 2.27. The van der Waals surface area contributed by atoms with E-state index < -0.39 is 45.1 Å². The van der Waals surface area contributed by atoms with Gasteiger partial charge < -0.3 is 25.2 Å². The summed E-state index contributed by atoms with van der Waals surface area (Å²) in [5.74, 6) is -1.80. The number of aliphatic carboxylic acids is 1. The van der Waals surface area contributed by atoms with Gasteiger partial charge in [-0.1, -0.05) is 152 Å². The number of phosphoric acid groups is 1. The van der Waals surface area contributed by atoms with E-state index >= 15 is 0 Å². The van der Waals surface area contributed by atoms with Gasteiger partial charge in [-0.15, -0.1) is 0 Å². The third kappa shape index (κ3) is 37.8. The average Bonchev–Trinajstić information content (AvgIpc) is 3.13. The van der Waals surface area contributed by atoms with E-state index in [2.05, 4.69) is 74.6 Å². The van der Waals surface area contributed by atoms with E-state index in [-0.39, 0.29) is 13.0 Å². The fourth-order valence-corrected chi connectivity index (χ4v) is 5.94. The number of allylic oxidation sites excluding steroid dienone is 10. The molecule has 53 heavy (non-hydrogen) atoms. The number of hydrogen-bond acceptors (Lipinski definition) is 8. The molecule has 0 bridgehead atoms. The molecule has 0 aliphatic rings. The van der Waals surface area contributed by atoms with Crippen LogP contribution in [-0.4, -0.2) is 60.5 Å². The molecule has 0 aliphatic heterocycles. The van der Waals surface area contributed by atoms with Crippen LogP contribution in [-0.2, 0) is 32.7 Å². The maximum absolute atomic E-state index is 12.6. The molecule has 0 amide bonds. The number of carbonyl (C=O) groups excluding carboxylic acids is 1. The molecule has 0 aromatic carbocycles. The number of hydrogen-bond donors (Lipinski definition) is 3. The minimum Gasteiger partial charge on any atom is -0.480 e. The zero-order valence-corrected chi connectivity index (χ0v) is 34.0. The third-order valence-corrected chi connectivity index (χ3v) is 9.26. The number of carboxylic acids is 1. The molecule has 10 nitrogen and oxygen atoms in total. The summed E-state index contributed by atoms with van der Waals surface area (Å²) >= 11 is 0. The minimum absolute atomic E-state index is 0.0132. The van der Waals surface area contributed by atoms with Crippen LogP contribution < -0.4 is 5.73 Å². The summed E-state index contributed by atoms with van der Waals surface area (Å²) in [5.41, 5.74) is 5.34. The standard InChI is InChI=1S/C42H74NO9P/c1-3-5-7-9-11-13-15-17-18-19-20-21-23-25-27-29-31-33-35-49-36-39(37-50-53(47,48)51-38-40(43)42(45)46)52-41(44)34-32-30-28-26-24-22-16-14-12-10-8-6-4-2/h5,7,11,13,17-18,20-21,25,27,39-40H,3-4,6,8-10,12,14-16,19,22-24,26,28-38,43H2,1-2H3,(H,45,46)(H,47,48)/b7-5-,13-11-,18-17-,21-20-,27-25-. The second kappa shape index (κ2) is 38.0.